The van der Waals surface area contributed by atoms with Crippen molar-refractivity contribution in [2.75, 3.05) is 0 Å². The van der Waals surface area contributed by atoms with E-state index in [0.29, 0.717) is 17.3 Å². The molecular formula is C18H30N2. The van der Waals surface area contributed by atoms with Crippen molar-refractivity contribution in [1.29, 1.82) is 0 Å². The second kappa shape index (κ2) is 5.20. The highest BCUT2D eigenvalue weighted by molar-refractivity contribution is 5.23. The lowest BCUT2D eigenvalue weighted by Gasteiger charge is -2.36. The average molecular weight is 274 g/mol. The van der Waals surface area contributed by atoms with Crippen molar-refractivity contribution in [2.24, 2.45) is 11.3 Å². The number of imidazole rings is 1. The number of fused-ring (bicyclic) bond motifs is 1. The van der Waals surface area contributed by atoms with Gasteiger partial charge in [-0.3, -0.25) is 0 Å². The molecule has 1 aromatic heterocycles. The minimum atomic E-state index is 0.474. The number of hydrogen-bond donors (Lipinski definition) is 1. The van der Waals surface area contributed by atoms with Gasteiger partial charge in [0.25, 0.3) is 0 Å². The number of aryl methyl sites for hydroxylation is 1. The van der Waals surface area contributed by atoms with E-state index in [2.05, 4.69) is 32.7 Å². The SMILES string of the molecule is CC1CCCc2[nH]c(C3CCC(C(C)(C)C)CC3)nc21. The molecular weight excluding hydrogens is 244 g/mol. The molecule has 1 N–H and O–H groups in total. The molecule has 2 aliphatic carbocycles. The van der Waals surface area contributed by atoms with Gasteiger partial charge >= 0.3 is 0 Å². The molecule has 0 radical (unpaired) electrons. The highest BCUT2D eigenvalue weighted by Crippen LogP contribution is 2.43. The van der Waals surface area contributed by atoms with E-state index >= 15 is 0 Å². The summed E-state index contributed by atoms with van der Waals surface area (Å²) in [5.74, 6) is 3.54. The lowest BCUT2D eigenvalue weighted by Crippen LogP contribution is -2.25. The topological polar surface area (TPSA) is 28.7 Å². The molecule has 0 aliphatic heterocycles. The summed E-state index contributed by atoms with van der Waals surface area (Å²) >= 11 is 0. The zero-order chi connectivity index (χ0) is 14.3. The third kappa shape index (κ3) is 2.66. The van der Waals surface area contributed by atoms with Crippen LogP contribution >= 0.6 is 0 Å². The summed E-state index contributed by atoms with van der Waals surface area (Å²) in [6, 6.07) is 0. The molecule has 1 atom stereocenters. The molecule has 0 amide bonds. The maximum atomic E-state index is 4.99. The first kappa shape index (κ1) is 14.2. The van der Waals surface area contributed by atoms with E-state index in [-0.39, 0.29) is 0 Å². The Labute approximate surface area is 123 Å². The Bertz CT molecular complexity index is 458. The monoisotopic (exact) mass is 274 g/mol. The zero-order valence-corrected chi connectivity index (χ0v) is 13.6. The fourth-order valence-corrected chi connectivity index (χ4v) is 4.19. The Morgan fingerprint density at radius 3 is 2.35 bits per heavy atom. The van der Waals surface area contributed by atoms with Gasteiger partial charge in [0.2, 0.25) is 0 Å². The standard InChI is InChI=1S/C18H30N2/c1-12-6-5-7-15-16(12)20-17(19-15)13-8-10-14(11-9-13)18(2,3)4/h12-14H,5-11H2,1-4H3,(H,19,20). The normalized spacial score (nSPS) is 31.1. The van der Waals surface area contributed by atoms with E-state index in [9.17, 15) is 0 Å². The first-order valence-electron chi connectivity index (χ1n) is 8.54. The molecule has 1 fully saturated rings. The van der Waals surface area contributed by atoms with Crippen molar-refractivity contribution >= 4 is 0 Å². The third-order valence-corrected chi connectivity index (χ3v) is 5.70. The third-order valence-electron chi connectivity index (χ3n) is 5.70. The van der Waals surface area contributed by atoms with Gasteiger partial charge in [-0.25, -0.2) is 4.98 Å². The number of hydrogen-bond acceptors (Lipinski definition) is 1. The summed E-state index contributed by atoms with van der Waals surface area (Å²) in [4.78, 5) is 8.66. The van der Waals surface area contributed by atoms with Crippen LogP contribution in [0.4, 0.5) is 0 Å². The lowest BCUT2D eigenvalue weighted by atomic mass is 9.70. The van der Waals surface area contributed by atoms with Crippen LogP contribution in [0.15, 0.2) is 0 Å². The number of nitrogens with one attached hydrogen (secondary N) is 1. The summed E-state index contributed by atoms with van der Waals surface area (Å²) in [6.45, 7) is 9.51. The number of aromatic nitrogens is 2. The van der Waals surface area contributed by atoms with Gasteiger partial charge in [-0.1, -0.05) is 27.7 Å². The highest BCUT2D eigenvalue weighted by atomic mass is 15.0. The van der Waals surface area contributed by atoms with Crippen LogP contribution < -0.4 is 0 Å². The molecule has 2 nitrogen and oxygen atoms in total. The Morgan fingerprint density at radius 1 is 1.05 bits per heavy atom. The molecule has 1 aromatic rings. The maximum absolute atomic E-state index is 4.99. The molecule has 3 rings (SSSR count). The predicted octanol–water partition coefficient (Wildman–Crippen LogP) is 5.17. The maximum Gasteiger partial charge on any atom is 0.109 e. The molecule has 1 saturated carbocycles. The van der Waals surface area contributed by atoms with Crippen molar-refractivity contribution < 1.29 is 0 Å². The van der Waals surface area contributed by atoms with Crippen LogP contribution in [0.25, 0.3) is 0 Å². The smallest absolute Gasteiger partial charge is 0.109 e. The zero-order valence-electron chi connectivity index (χ0n) is 13.6. The Balaban J connectivity index is 1.70. The Kier molecular flexibility index (Phi) is 3.68. The molecule has 2 heteroatoms. The molecule has 112 valence electrons. The summed E-state index contributed by atoms with van der Waals surface area (Å²) in [5, 5.41) is 0. The first-order valence-corrected chi connectivity index (χ1v) is 8.54. The Morgan fingerprint density at radius 2 is 1.75 bits per heavy atom. The van der Waals surface area contributed by atoms with Gasteiger partial charge < -0.3 is 4.98 Å². The fourth-order valence-electron chi connectivity index (χ4n) is 4.19. The second-order valence-corrected chi connectivity index (χ2v) is 8.19. The van der Waals surface area contributed by atoms with Crippen molar-refractivity contribution in [2.45, 2.75) is 84.5 Å². The van der Waals surface area contributed by atoms with Crippen LogP contribution in [0, 0.1) is 11.3 Å². The van der Waals surface area contributed by atoms with Gasteiger partial charge in [-0.2, -0.15) is 0 Å². The van der Waals surface area contributed by atoms with Gasteiger partial charge in [-0.15, -0.1) is 0 Å². The van der Waals surface area contributed by atoms with Crippen molar-refractivity contribution in [1.82, 2.24) is 9.97 Å². The molecule has 0 spiro atoms. The lowest BCUT2D eigenvalue weighted by molar-refractivity contribution is 0.167. The largest absolute Gasteiger partial charge is 0.345 e. The molecule has 0 aromatic carbocycles. The van der Waals surface area contributed by atoms with E-state index < -0.39 is 0 Å². The number of rotatable bonds is 1. The minimum absolute atomic E-state index is 0.474. The van der Waals surface area contributed by atoms with E-state index in [1.807, 2.05) is 0 Å². The van der Waals surface area contributed by atoms with Gasteiger partial charge in [0.05, 0.1) is 5.69 Å². The Hall–Kier alpha value is -0.790. The summed E-state index contributed by atoms with van der Waals surface area (Å²) in [6.07, 6.45) is 9.24. The molecule has 2 aliphatic rings. The number of H-pyrrole nitrogens is 1. The second-order valence-electron chi connectivity index (χ2n) is 8.19. The van der Waals surface area contributed by atoms with Crippen LogP contribution in [-0.4, -0.2) is 9.97 Å². The van der Waals surface area contributed by atoms with Crippen LogP contribution in [0.2, 0.25) is 0 Å². The highest BCUT2D eigenvalue weighted by Gasteiger charge is 2.32. The summed E-state index contributed by atoms with van der Waals surface area (Å²) in [7, 11) is 0. The van der Waals surface area contributed by atoms with E-state index in [0.717, 1.165) is 5.92 Å². The molecule has 20 heavy (non-hydrogen) atoms. The summed E-state index contributed by atoms with van der Waals surface area (Å²) in [5.41, 5.74) is 3.29. The van der Waals surface area contributed by atoms with E-state index in [1.165, 1.54) is 62.2 Å². The van der Waals surface area contributed by atoms with E-state index in [4.69, 9.17) is 4.98 Å². The van der Waals surface area contributed by atoms with Crippen LogP contribution in [-0.2, 0) is 6.42 Å². The number of aromatic amines is 1. The van der Waals surface area contributed by atoms with Crippen molar-refractivity contribution in [3.05, 3.63) is 17.2 Å². The molecule has 0 bridgehead atoms. The van der Waals surface area contributed by atoms with Crippen molar-refractivity contribution in [3.8, 4) is 0 Å². The predicted molar refractivity (Wildman–Crippen MR) is 84.1 cm³/mol. The first-order chi connectivity index (χ1) is 9.45. The summed E-state index contributed by atoms with van der Waals surface area (Å²) < 4.78 is 0. The van der Waals surface area contributed by atoms with Crippen LogP contribution in [0.5, 0.6) is 0 Å². The number of nitrogens with zero attached hydrogens (tertiary/aromatic N) is 1. The quantitative estimate of drug-likeness (QED) is 0.752. The molecule has 1 unspecified atom stereocenters. The van der Waals surface area contributed by atoms with Gasteiger partial charge in [0, 0.05) is 17.5 Å². The van der Waals surface area contributed by atoms with Crippen LogP contribution in [0.1, 0.15) is 95.3 Å². The van der Waals surface area contributed by atoms with Gasteiger partial charge in [0.1, 0.15) is 5.82 Å². The minimum Gasteiger partial charge on any atom is -0.345 e. The fraction of sp³-hybridized carbons (Fsp3) is 0.833. The molecule has 1 heterocycles. The van der Waals surface area contributed by atoms with Crippen molar-refractivity contribution in [3.63, 3.8) is 0 Å². The van der Waals surface area contributed by atoms with Gasteiger partial charge in [-0.05, 0) is 56.3 Å². The molecule has 0 saturated heterocycles. The van der Waals surface area contributed by atoms with E-state index in [1.54, 1.807) is 0 Å². The average Bonchev–Trinajstić information content (AvgIpc) is 2.83. The van der Waals surface area contributed by atoms with Crippen LogP contribution in [0.3, 0.4) is 0 Å². The van der Waals surface area contributed by atoms with Gasteiger partial charge in [0.15, 0.2) is 0 Å².